The first-order valence-corrected chi connectivity index (χ1v) is 7.91. The summed E-state index contributed by atoms with van der Waals surface area (Å²) in [7, 11) is 0. The SMILES string of the molecule is CCOC(=O)C1=C(C)Oc2ncn3nc(C)nc3c2[C@H]1c1ccco1. The average Bonchev–Trinajstić information content (AvgIpc) is 3.21. The van der Waals surface area contributed by atoms with Gasteiger partial charge in [0.1, 0.15) is 23.7 Å². The van der Waals surface area contributed by atoms with Crippen LogP contribution in [0.25, 0.3) is 5.65 Å². The zero-order chi connectivity index (χ0) is 17.6. The molecule has 4 heterocycles. The minimum atomic E-state index is -0.530. The highest BCUT2D eigenvalue weighted by Gasteiger charge is 2.39. The predicted molar refractivity (Wildman–Crippen MR) is 86.0 cm³/mol. The molecule has 1 atom stereocenters. The van der Waals surface area contributed by atoms with Crippen LogP contribution in [0.15, 0.2) is 40.5 Å². The van der Waals surface area contributed by atoms with E-state index in [1.807, 2.05) is 0 Å². The van der Waals surface area contributed by atoms with E-state index in [-0.39, 0.29) is 6.61 Å². The second-order valence-corrected chi connectivity index (χ2v) is 5.63. The molecule has 25 heavy (non-hydrogen) atoms. The van der Waals surface area contributed by atoms with E-state index < -0.39 is 11.9 Å². The number of rotatable bonds is 3. The van der Waals surface area contributed by atoms with Gasteiger partial charge in [-0.1, -0.05) is 0 Å². The summed E-state index contributed by atoms with van der Waals surface area (Å²) in [5.41, 5.74) is 1.57. The second kappa shape index (κ2) is 5.73. The summed E-state index contributed by atoms with van der Waals surface area (Å²) in [4.78, 5) is 21.4. The molecule has 3 aromatic heterocycles. The van der Waals surface area contributed by atoms with Crippen LogP contribution in [0.4, 0.5) is 0 Å². The Balaban J connectivity index is 2.00. The summed E-state index contributed by atoms with van der Waals surface area (Å²) < 4.78 is 18.2. The van der Waals surface area contributed by atoms with Crippen LogP contribution >= 0.6 is 0 Å². The number of fused-ring (bicyclic) bond motifs is 3. The number of esters is 1. The van der Waals surface area contributed by atoms with Gasteiger partial charge in [-0.05, 0) is 32.9 Å². The van der Waals surface area contributed by atoms with Crippen molar-refractivity contribution in [1.82, 2.24) is 19.6 Å². The molecule has 8 nitrogen and oxygen atoms in total. The van der Waals surface area contributed by atoms with E-state index in [9.17, 15) is 4.79 Å². The number of hydrogen-bond acceptors (Lipinski definition) is 7. The average molecular weight is 340 g/mol. The van der Waals surface area contributed by atoms with Gasteiger partial charge < -0.3 is 13.9 Å². The number of nitrogens with zero attached hydrogens (tertiary/aromatic N) is 4. The number of hydrogen-bond donors (Lipinski definition) is 0. The van der Waals surface area contributed by atoms with Crippen LogP contribution in [0.3, 0.4) is 0 Å². The van der Waals surface area contributed by atoms with Crippen molar-refractivity contribution in [3.63, 3.8) is 0 Å². The lowest BCUT2D eigenvalue weighted by Gasteiger charge is -2.26. The van der Waals surface area contributed by atoms with Gasteiger partial charge in [-0.2, -0.15) is 5.10 Å². The number of carbonyl (C=O) groups excluding carboxylic acids is 1. The van der Waals surface area contributed by atoms with Crippen molar-refractivity contribution in [2.45, 2.75) is 26.7 Å². The van der Waals surface area contributed by atoms with Crippen molar-refractivity contribution >= 4 is 11.6 Å². The fourth-order valence-corrected chi connectivity index (χ4v) is 3.06. The van der Waals surface area contributed by atoms with E-state index in [4.69, 9.17) is 13.9 Å². The van der Waals surface area contributed by atoms with Crippen LogP contribution in [0, 0.1) is 6.92 Å². The monoisotopic (exact) mass is 340 g/mol. The van der Waals surface area contributed by atoms with Crippen molar-refractivity contribution in [2.75, 3.05) is 6.61 Å². The third-order valence-corrected chi connectivity index (χ3v) is 4.02. The van der Waals surface area contributed by atoms with Gasteiger partial charge in [-0.25, -0.2) is 19.3 Å². The molecule has 0 spiro atoms. The van der Waals surface area contributed by atoms with Gasteiger partial charge >= 0.3 is 5.97 Å². The van der Waals surface area contributed by atoms with E-state index in [1.165, 1.54) is 6.33 Å². The molecule has 0 N–H and O–H groups in total. The van der Waals surface area contributed by atoms with Crippen molar-refractivity contribution < 1.29 is 18.7 Å². The molecule has 0 aromatic carbocycles. The summed E-state index contributed by atoms with van der Waals surface area (Å²) in [5, 5.41) is 4.29. The molecule has 0 unspecified atom stereocenters. The third kappa shape index (κ3) is 2.37. The lowest BCUT2D eigenvalue weighted by molar-refractivity contribution is -0.139. The predicted octanol–water partition coefficient (Wildman–Crippen LogP) is 2.39. The van der Waals surface area contributed by atoms with Crippen molar-refractivity contribution in [3.8, 4) is 5.88 Å². The minimum Gasteiger partial charge on any atom is -0.468 e. The molecule has 3 aromatic rings. The molecule has 1 aliphatic rings. The van der Waals surface area contributed by atoms with E-state index in [0.29, 0.717) is 40.0 Å². The summed E-state index contributed by atoms with van der Waals surface area (Å²) >= 11 is 0. The van der Waals surface area contributed by atoms with Crippen LogP contribution in [0.5, 0.6) is 5.88 Å². The van der Waals surface area contributed by atoms with Crippen molar-refractivity contribution in [1.29, 1.82) is 0 Å². The number of allylic oxidation sites excluding steroid dienone is 1. The van der Waals surface area contributed by atoms with Crippen LogP contribution in [-0.2, 0) is 9.53 Å². The first kappa shape index (κ1) is 15.4. The van der Waals surface area contributed by atoms with Crippen LogP contribution < -0.4 is 4.74 Å². The van der Waals surface area contributed by atoms with Gasteiger partial charge in [0.2, 0.25) is 5.88 Å². The molecule has 128 valence electrons. The first-order valence-electron chi connectivity index (χ1n) is 7.91. The Morgan fingerprint density at radius 1 is 1.40 bits per heavy atom. The lowest BCUT2D eigenvalue weighted by Crippen LogP contribution is -2.24. The number of ether oxygens (including phenoxy) is 2. The maximum Gasteiger partial charge on any atom is 0.338 e. The van der Waals surface area contributed by atoms with E-state index >= 15 is 0 Å². The van der Waals surface area contributed by atoms with Crippen LogP contribution in [0.2, 0.25) is 0 Å². The third-order valence-electron chi connectivity index (χ3n) is 4.02. The van der Waals surface area contributed by atoms with E-state index in [1.54, 1.807) is 43.7 Å². The lowest BCUT2D eigenvalue weighted by atomic mass is 9.87. The standard InChI is InChI=1S/C17H16N4O4/c1-4-23-17(22)12-9(2)25-16-14(13(12)11-6-5-7-24-11)15-19-10(3)20-21(15)8-18-16/h5-8,13H,4H2,1-3H3/t13-/m0/s1. The van der Waals surface area contributed by atoms with Gasteiger partial charge in [0.15, 0.2) is 5.65 Å². The van der Waals surface area contributed by atoms with Gasteiger partial charge in [-0.3, -0.25) is 0 Å². The Labute approximate surface area is 143 Å². The van der Waals surface area contributed by atoms with Crippen LogP contribution in [0.1, 0.15) is 36.9 Å². The Hall–Kier alpha value is -3.16. The summed E-state index contributed by atoms with van der Waals surface area (Å²) in [5.74, 6) is 1.01. The van der Waals surface area contributed by atoms with Crippen molar-refractivity contribution in [2.24, 2.45) is 0 Å². The molecule has 1 aliphatic heterocycles. The first-order chi connectivity index (χ1) is 12.1. The Morgan fingerprint density at radius 2 is 2.24 bits per heavy atom. The molecular formula is C17H16N4O4. The highest BCUT2D eigenvalue weighted by Crippen LogP contribution is 2.44. The van der Waals surface area contributed by atoms with Gasteiger partial charge in [0.25, 0.3) is 0 Å². The normalized spacial score (nSPS) is 16.7. The Bertz CT molecular complexity index is 988. The fraction of sp³-hybridized carbons (Fsp3) is 0.294. The van der Waals surface area contributed by atoms with Crippen molar-refractivity contribution in [3.05, 3.63) is 53.2 Å². The maximum atomic E-state index is 12.6. The number of aryl methyl sites for hydroxylation is 1. The molecule has 0 bridgehead atoms. The Morgan fingerprint density at radius 3 is 2.96 bits per heavy atom. The zero-order valence-corrected chi connectivity index (χ0v) is 14.0. The molecule has 0 fully saturated rings. The number of furan rings is 1. The summed E-state index contributed by atoms with van der Waals surface area (Å²) in [6.07, 6.45) is 3.10. The highest BCUT2D eigenvalue weighted by molar-refractivity contribution is 5.93. The summed E-state index contributed by atoms with van der Waals surface area (Å²) in [6, 6.07) is 3.57. The van der Waals surface area contributed by atoms with E-state index in [0.717, 1.165) is 0 Å². The maximum absolute atomic E-state index is 12.6. The van der Waals surface area contributed by atoms with Gasteiger partial charge in [0.05, 0.1) is 29.9 Å². The minimum absolute atomic E-state index is 0.264. The summed E-state index contributed by atoms with van der Waals surface area (Å²) in [6.45, 7) is 5.53. The molecular weight excluding hydrogens is 324 g/mol. The molecule has 0 aliphatic carbocycles. The quantitative estimate of drug-likeness (QED) is 0.676. The molecule has 0 amide bonds. The van der Waals surface area contributed by atoms with Crippen LogP contribution in [-0.4, -0.2) is 32.2 Å². The Kier molecular flexibility index (Phi) is 3.52. The topological polar surface area (TPSA) is 91.8 Å². The molecule has 0 saturated heterocycles. The number of aromatic nitrogens is 4. The van der Waals surface area contributed by atoms with E-state index in [2.05, 4.69) is 15.1 Å². The highest BCUT2D eigenvalue weighted by atomic mass is 16.5. The second-order valence-electron chi connectivity index (χ2n) is 5.63. The fourth-order valence-electron chi connectivity index (χ4n) is 3.06. The largest absolute Gasteiger partial charge is 0.468 e. The van der Waals surface area contributed by atoms with Gasteiger partial charge in [-0.15, -0.1) is 0 Å². The number of carbonyl (C=O) groups is 1. The molecule has 0 saturated carbocycles. The smallest absolute Gasteiger partial charge is 0.338 e. The van der Waals surface area contributed by atoms with Gasteiger partial charge in [0, 0.05) is 0 Å². The molecule has 8 heteroatoms. The molecule has 0 radical (unpaired) electrons. The zero-order valence-electron chi connectivity index (χ0n) is 14.0. The molecule has 4 rings (SSSR count).